The lowest BCUT2D eigenvalue weighted by molar-refractivity contribution is -0.385. The largest absolute Gasteiger partial charge is 0.277 e. The van der Waals surface area contributed by atoms with Gasteiger partial charge in [-0.05, 0) is 12.1 Å². The summed E-state index contributed by atoms with van der Waals surface area (Å²) in [6.07, 6.45) is 1.39. The lowest BCUT2D eigenvalue weighted by Gasteiger charge is -2.06. The minimum atomic E-state index is -4.16. The monoisotopic (exact) mass is 354 g/mol. The van der Waals surface area contributed by atoms with Gasteiger partial charge in [0.05, 0.1) is 16.8 Å². The molecule has 0 aliphatic heterocycles. The van der Waals surface area contributed by atoms with Crippen molar-refractivity contribution in [3.8, 4) is 0 Å². The summed E-state index contributed by atoms with van der Waals surface area (Å²) in [6.45, 7) is 0. The SMILES string of the molecule is NS(=O)(=O)c1cc([N+](=O)[O-])ccc1N/N=C\c1ccccc1Cl. The first-order chi connectivity index (χ1) is 10.8. The van der Waals surface area contributed by atoms with E-state index in [0.29, 0.717) is 10.6 Å². The summed E-state index contributed by atoms with van der Waals surface area (Å²) in [5.74, 6) is 0. The first-order valence-corrected chi connectivity index (χ1v) is 8.06. The Hall–Kier alpha value is -2.49. The summed E-state index contributed by atoms with van der Waals surface area (Å²) in [4.78, 5) is 9.59. The molecule has 8 nitrogen and oxygen atoms in total. The summed E-state index contributed by atoms with van der Waals surface area (Å²) < 4.78 is 23.1. The van der Waals surface area contributed by atoms with Crippen LogP contribution < -0.4 is 10.6 Å². The van der Waals surface area contributed by atoms with Crippen LogP contribution in [0.1, 0.15) is 5.56 Å². The zero-order valence-corrected chi connectivity index (χ0v) is 13.1. The van der Waals surface area contributed by atoms with Crippen molar-refractivity contribution in [3.05, 3.63) is 63.2 Å². The Labute approximate surface area is 136 Å². The van der Waals surface area contributed by atoms with Gasteiger partial charge in [-0.25, -0.2) is 13.6 Å². The highest BCUT2D eigenvalue weighted by Crippen LogP contribution is 2.25. The van der Waals surface area contributed by atoms with Crippen LogP contribution in [-0.4, -0.2) is 19.6 Å². The Balaban J connectivity index is 2.33. The fourth-order valence-electron chi connectivity index (χ4n) is 1.70. The number of primary sulfonamides is 1. The normalized spacial score (nSPS) is 11.6. The van der Waals surface area contributed by atoms with Crippen LogP contribution in [0.5, 0.6) is 0 Å². The van der Waals surface area contributed by atoms with Gasteiger partial charge >= 0.3 is 0 Å². The molecule has 2 rings (SSSR count). The summed E-state index contributed by atoms with van der Waals surface area (Å²) in [5.41, 5.74) is 2.72. The molecule has 0 aliphatic carbocycles. The number of hydrazone groups is 1. The molecule has 0 aromatic heterocycles. The van der Waals surface area contributed by atoms with Gasteiger partial charge in [-0.15, -0.1) is 0 Å². The predicted molar refractivity (Wildman–Crippen MR) is 87.1 cm³/mol. The molecule has 0 saturated heterocycles. The van der Waals surface area contributed by atoms with Crippen molar-refractivity contribution in [2.24, 2.45) is 10.2 Å². The smallest absolute Gasteiger partial charge is 0.270 e. The van der Waals surface area contributed by atoms with Crippen molar-refractivity contribution >= 4 is 39.2 Å². The number of nitrogens with zero attached hydrogens (tertiary/aromatic N) is 2. The van der Waals surface area contributed by atoms with E-state index in [1.54, 1.807) is 24.3 Å². The Morgan fingerprint density at radius 2 is 1.96 bits per heavy atom. The van der Waals surface area contributed by atoms with E-state index in [1.165, 1.54) is 12.3 Å². The van der Waals surface area contributed by atoms with Crippen molar-refractivity contribution in [2.75, 3.05) is 5.43 Å². The number of nitrogens with two attached hydrogens (primary N) is 1. The molecule has 0 aliphatic rings. The van der Waals surface area contributed by atoms with Crippen LogP contribution in [-0.2, 0) is 10.0 Å². The van der Waals surface area contributed by atoms with E-state index in [0.717, 1.165) is 12.1 Å². The quantitative estimate of drug-likeness (QED) is 0.484. The van der Waals surface area contributed by atoms with E-state index >= 15 is 0 Å². The van der Waals surface area contributed by atoms with Crippen molar-refractivity contribution in [2.45, 2.75) is 4.90 Å². The molecule has 2 aromatic rings. The van der Waals surface area contributed by atoms with Gasteiger partial charge in [0.15, 0.2) is 0 Å². The Bertz CT molecular complexity index is 883. The summed E-state index contributed by atoms with van der Waals surface area (Å²) in [7, 11) is -4.16. The molecule has 0 spiro atoms. The van der Waals surface area contributed by atoms with Crippen LogP contribution in [0.2, 0.25) is 5.02 Å². The number of halogens is 1. The molecule has 0 heterocycles. The predicted octanol–water partition coefficient (Wildman–Crippen LogP) is 2.34. The number of rotatable bonds is 5. The number of nitro benzene ring substituents is 1. The van der Waals surface area contributed by atoms with Crippen LogP contribution in [0, 0.1) is 10.1 Å². The average Bonchev–Trinajstić information content (AvgIpc) is 2.48. The molecule has 0 fully saturated rings. The van der Waals surface area contributed by atoms with Crippen molar-refractivity contribution in [1.29, 1.82) is 0 Å². The van der Waals surface area contributed by atoms with Gasteiger partial charge in [-0.2, -0.15) is 5.10 Å². The molecule has 0 atom stereocenters. The van der Waals surface area contributed by atoms with E-state index < -0.39 is 25.5 Å². The van der Waals surface area contributed by atoms with Crippen molar-refractivity contribution in [1.82, 2.24) is 0 Å². The third kappa shape index (κ3) is 4.25. The number of nitrogens with one attached hydrogen (secondary N) is 1. The van der Waals surface area contributed by atoms with E-state index in [9.17, 15) is 18.5 Å². The molecule has 23 heavy (non-hydrogen) atoms. The number of hydrogen-bond donors (Lipinski definition) is 2. The van der Waals surface area contributed by atoms with E-state index in [4.69, 9.17) is 16.7 Å². The van der Waals surface area contributed by atoms with Gasteiger partial charge in [0.2, 0.25) is 10.0 Å². The molecule has 3 N–H and O–H groups in total. The highest BCUT2D eigenvalue weighted by molar-refractivity contribution is 7.89. The Morgan fingerprint density at radius 3 is 2.57 bits per heavy atom. The minimum Gasteiger partial charge on any atom is -0.277 e. The van der Waals surface area contributed by atoms with Gasteiger partial charge in [0.25, 0.3) is 5.69 Å². The number of anilines is 1. The van der Waals surface area contributed by atoms with Crippen LogP contribution in [0.25, 0.3) is 0 Å². The van der Waals surface area contributed by atoms with Crippen LogP contribution in [0.4, 0.5) is 11.4 Å². The van der Waals surface area contributed by atoms with Crippen LogP contribution in [0.3, 0.4) is 0 Å². The van der Waals surface area contributed by atoms with E-state index in [-0.39, 0.29) is 5.69 Å². The second-order valence-electron chi connectivity index (χ2n) is 4.37. The molecule has 0 amide bonds. The number of nitro groups is 1. The molecule has 0 unspecified atom stereocenters. The van der Waals surface area contributed by atoms with Gasteiger partial charge in [-0.1, -0.05) is 29.8 Å². The average molecular weight is 355 g/mol. The van der Waals surface area contributed by atoms with Gasteiger partial charge < -0.3 is 0 Å². The first kappa shape index (κ1) is 16.9. The highest BCUT2D eigenvalue weighted by atomic mass is 35.5. The van der Waals surface area contributed by atoms with E-state index in [1.807, 2.05) is 0 Å². The molecule has 120 valence electrons. The van der Waals surface area contributed by atoms with Crippen molar-refractivity contribution in [3.63, 3.8) is 0 Å². The molecule has 0 saturated carbocycles. The third-order valence-corrected chi connectivity index (χ3v) is 4.07. The second kappa shape index (κ2) is 6.73. The zero-order valence-electron chi connectivity index (χ0n) is 11.5. The fourth-order valence-corrected chi connectivity index (χ4v) is 2.59. The first-order valence-electron chi connectivity index (χ1n) is 6.14. The van der Waals surface area contributed by atoms with Crippen LogP contribution >= 0.6 is 11.6 Å². The lowest BCUT2D eigenvalue weighted by atomic mass is 10.2. The maximum absolute atomic E-state index is 11.6. The second-order valence-corrected chi connectivity index (χ2v) is 6.31. The zero-order chi connectivity index (χ0) is 17.0. The third-order valence-electron chi connectivity index (χ3n) is 2.78. The number of hydrogen-bond acceptors (Lipinski definition) is 6. The molecular weight excluding hydrogens is 344 g/mol. The van der Waals surface area contributed by atoms with E-state index in [2.05, 4.69) is 10.5 Å². The molecule has 10 heteroatoms. The number of sulfonamides is 1. The Kier molecular flexibility index (Phi) is 4.94. The van der Waals surface area contributed by atoms with Gasteiger partial charge in [0.1, 0.15) is 4.90 Å². The summed E-state index contributed by atoms with van der Waals surface area (Å²) >= 11 is 5.96. The molecule has 0 radical (unpaired) electrons. The number of non-ortho nitro benzene ring substituents is 1. The van der Waals surface area contributed by atoms with Gasteiger partial charge in [0, 0.05) is 22.7 Å². The number of benzene rings is 2. The summed E-state index contributed by atoms with van der Waals surface area (Å²) in [5, 5.41) is 20.1. The van der Waals surface area contributed by atoms with Crippen LogP contribution in [0.15, 0.2) is 52.5 Å². The maximum atomic E-state index is 11.6. The maximum Gasteiger partial charge on any atom is 0.270 e. The molecule has 2 aromatic carbocycles. The topological polar surface area (TPSA) is 128 Å². The molecular formula is C13H11ClN4O4S. The lowest BCUT2D eigenvalue weighted by Crippen LogP contribution is -2.14. The Morgan fingerprint density at radius 1 is 1.26 bits per heavy atom. The van der Waals surface area contributed by atoms with Crippen molar-refractivity contribution < 1.29 is 13.3 Å². The highest BCUT2D eigenvalue weighted by Gasteiger charge is 2.18. The fraction of sp³-hybridized carbons (Fsp3) is 0. The summed E-state index contributed by atoms with van der Waals surface area (Å²) in [6, 6.07) is 10.1. The minimum absolute atomic E-state index is 0.0152. The standard InChI is InChI=1S/C13H11ClN4O4S/c14-11-4-2-1-3-9(11)8-16-17-12-6-5-10(18(19)20)7-13(12)23(15,21)22/h1-8,17H,(H2,15,21,22)/b16-8-. The molecule has 0 bridgehead atoms. The van der Waals surface area contributed by atoms with Gasteiger partial charge in [-0.3, -0.25) is 15.5 Å².